The van der Waals surface area contributed by atoms with Crippen LogP contribution in [0.4, 0.5) is 27.5 Å². The Morgan fingerprint density at radius 2 is 1.93 bits per heavy atom. The first kappa shape index (κ1) is 20.4. The van der Waals surface area contributed by atoms with Crippen LogP contribution in [0.2, 0.25) is 5.02 Å². The fourth-order valence-corrected chi connectivity index (χ4v) is 2.69. The lowest BCUT2D eigenvalue weighted by Crippen LogP contribution is -2.34. The van der Waals surface area contributed by atoms with Crippen LogP contribution in [0.5, 0.6) is 0 Å². The van der Waals surface area contributed by atoms with E-state index in [0.717, 1.165) is 10.6 Å². The molecular formula is C18H21ClN4O4. The Kier molecular flexibility index (Phi) is 5.90. The third-order valence-corrected chi connectivity index (χ3v) is 3.94. The summed E-state index contributed by atoms with van der Waals surface area (Å²) in [6.07, 6.45) is 2.52. The number of benzene rings is 1. The highest BCUT2D eigenvalue weighted by Gasteiger charge is 2.29. The predicted octanol–water partition coefficient (Wildman–Crippen LogP) is 4.78. The van der Waals surface area contributed by atoms with E-state index in [1.807, 2.05) is 6.07 Å². The average Bonchev–Trinajstić information content (AvgIpc) is 2.59. The van der Waals surface area contributed by atoms with Crippen LogP contribution in [0.15, 0.2) is 36.7 Å². The number of ether oxygens (including phenoxy) is 1. The van der Waals surface area contributed by atoms with Crippen LogP contribution in [-0.4, -0.2) is 35.7 Å². The van der Waals surface area contributed by atoms with Gasteiger partial charge in [0.2, 0.25) is 0 Å². The van der Waals surface area contributed by atoms with Gasteiger partial charge >= 0.3 is 6.09 Å². The van der Waals surface area contributed by atoms with Crippen molar-refractivity contribution in [1.29, 1.82) is 0 Å². The van der Waals surface area contributed by atoms with Gasteiger partial charge in [0.05, 0.1) is 21.8 Å². The maximum absolute atomic E-state index is 12.3. The zero-order chi connectivity index (χ0) is 20.4. The predicted molar refractivity (Wildman–Crippen MR) is 105 cm³/mol. The zero-order valence-corrected chi connectivity index (χ0v) is 16.5. The summed E-state index contributed by atoms with van der Waals surface area (Å²) in [5.74, 6) is 0. The number of anilines is 3. The van der Waals surface area contributed by atoms with E-state index < -0.39 is 16.6 Å². The van der Waals surface area contributed by atoms with Crippen molar-refractivity contribution in [3.8, 4) is 0 Å². The maximum atomic E-state index is 12.3. The summed E-state index contributed by atoms with van der Waals surface area (Å²) in [5.41, 5.74) is 0.144. The summed E-state index contributed by atoms with van der Waals surface area (Å²) in [7, 11) is 3.12. The number of pyridine rings is 1. The van der Waals surface area contributed by atoms with Crippen molar-refractivity contribution in [2.45, 2.75) is 26.4 Å². The van der Waals surface area contributed by atoms with Crippen molar-refractivity contribution in [2.24, 2.45) is 0 Å². The summed E-state index contributed by atoms with van der Waals surface area (Å²) in [6, 6.07) is 6.48. The number of carbonyl (C=O) groups is 1. The molecule has 27 heavy (non-hydrogen) atoms. The van der Waals surface area contributed by atoms with Gasteiger partial charge < -0.3 is 9.64 Å². The van der Waals surface area contributed by atoms with E-state index in [-0.39, 0.29) is 16.4 Å². The minimum Gasteiger partial charge on any atom is -0.443 e. The van der Waals surface area contributed by atoms with Crippen LogP contribution in [0.25, 0.3) is 0 Å². The van der Waals surface area contributed by atoms with Gasteiger partial charge in [-0.3, -0.25) is 20.0 Å². The van der Waals surface area contributed by atoms with Crippen LogP contribution < -0.4 is 9.80 Å². The lowest BCUT2D eigenvalue weighted by atomic mass is 10.2. The van der Waals surface area contributed by atoms with Crippen LogP contribution >= 0.6 is 11.6 Å². The second-order valence-corrected chi connectivity index (χ2v) is 7.27. The summed E-state index contributed by atoms with van der Waals surface area (Å²) in [6.45, 7) is 5.13. The Labute approximate surface area is 162 Å². The molecule has 0 radical (unpaired) electrons. The van der Waals surface area contributed by atoms with Crippen molar-refractivity contribution >= 4 is 40.4 Å². The highest BCUT2D eigenvalue weighted by Crippen LogP contribution is 2.40. The second-order valence-electron chi connectivity index (χ2n) is 6.86. The topological polar surface area (TPSA) is 88.8 Å². The van der Waals surface area contributed by atoms with Gasteiger partial charge in [-0.1, -0.05) is 11.6 Å². The molecule has 0 aliphatic heterocycles. The molecule has 8 nitrogen and oxygen atoms in total. The van der Waals surface area contributed by atoms with Crippen molar-refractivity contribution in [3.63, 3.8) is 0 Å². The van der Waals surface area contributed by atoms with Crippen molar-refractivity contribution < 1.29 is 14.5 Å². The van der Waals surface area contributed by atoms with E-state index >= 15 is 0 Å². The maximum Gasteiger partial charge on any atom is 0.414 e. The van der Waals surface area contributed by atoms with E-state index in [9.17, 15) is 14.9 Å². The Morgan fingerprint density at radius 3 is 2.44 bits per heavy atom. The quantitative estimate of drug-likeness (QED) is 0.549. The first-order valence-electron chi connectivity index (χ1n) is 8.09. The monoisotopic (exact) mass is 392 g/mol. The van der Waals surface area contributed by atoms with Gasteiger partial charge in [0.1, 0.15) is 11.3 Å². The van der Waals surface area contributed by atoms with Crippen molar-refractivity contribution in [1.82, 2.24) is 4.98 Å². The number of halogens is 1. The van der Waals surface area contributed by atoms with Crippen molar-refractivity contribution in [2.75, 3.05) is 23.9 Å². The molecule has 1 aromatic carbocycles. The van der Waals surface area contributed by atoms with E-state index in [1.54, 1.807) is 57.2 Å². The van der Waals surface area contributed by atoms with Crippen LogP contribution in [0.3, 0.4) is 0 Å². The molecule has 1 aromatic heterocycles. The van der Waals surface area contributed by atoms with Gasteiger partial charge in [-0.25, -0.2) is 4.79 Å². The molecule has 0 atom stereocenters. The summed E-state index contributed by atoms with van der Waals surface area (Å²) >= 11 is 6.32. The number of nitro groups is 1. The Hall–Kier alpha value is -2.87. The number of amides is 1. The van der Waals surface area contributed by atoms with Crippen LogP contribution in [0.1, 0.15) is 20.8 Å². The molecule has 2 aromatic rings. The van der Waals surface area contributed by atoms with Gasteiger partial charge in [-0.2, -0.15) is 0 Å². The fourth-order valence-electron chi connectivity index (χ4n) is 2.36. The Morgan fingerprint density at radius 1 is 1.26 bits per heavy atom. The molecule has 9 heteroatoms. The summed E-state index contributed by atoms with van der Waals surface area (Å²) in [5, 5.41) is 11.7. The molecule has 1 amide bonds. The molecule has 2 rings (SSSR count). The highest BCUT2D eigenvalue weighted by molar-refractivity contribution is 6.34. The standard InChI is InChI=1S/C18H21ClN4O4/c1-18(2,3)27-17(24)22(5)16-14(19)9-13(10-15(16)23(25)26)21(4)12-7-6-8-20-11-12/h6-11H,1-5H3. The minimum absolute atomic E-state index is 0.0285. The third kappa shape index (κ3) is 4.85. The highest BCUT2D eigenvalue weighted by atomic mass is 35.5. The number of nitrogens with zero attached hydrogens (tertiary/aromatic N) is 4. The molecule has 0 aliphatic rings. The number of nitro benzene ring substituents is 1. The lowest BCUT2D eigenvalue weighted by molar-refractivity contribution is -0.384. The van der Waals surface area contributed by atoms with E-state index in [1.165, 1.54) is 13.1 Å². The van der Waals surface area contributed by atoms with Gasteiger partial charge in [0.25, 0.3) is 5.69 Å². The normalized spacial score (nSPS) is 11.0. The zero-order valence-electron chi connectivity index (χ0n) is 15.8. The number of hydrogen-bond acceptors (Lipinski definition) is 6. The number of aromatic nitrogens is 1. The van der Waals surface area contributed by atoms with Crippen LogP contribution in [0, 0.1) is 10.1 Å². The van der Waals surface area contributed by atoms with Gasteiger partial charge in [0.15, 0.2) is 0 Å². The summed E-state index contributed by atoms with van der Waals surface area (Å²) in [4.78, 5) is 30.2. The first-order chi connectivity index (χ1) is 12.5. The molecule has 0 aliphatic carbocycles. The molecule has 144 valence electrons. The number of hydrogen-bond donors (Lipinski definition) is 0. The molecule has 1 heterocycles. The number of carbonyl (C=O) groups excluding carboxylic acids is 1. The van der Waals surface area contributed by atoms with E-state index in [4.69, 9.17) is 16.3 Å². The van der Waals surface area contributed by atoms with E-state index in [2.05, 4.69) is 4.98 Å². The molecule has 0 bridgehead atoms. The molecule has 0 saturated carbocycles. The molecule has 0 saturated heterocycles. The smallest absolute Gasteiger partial charge is 0.414 e. The first-order valence-corrected chi connectivity index (χ1v) is 8.47. The van der Waals surface area contributed by atoms with Crippen molar-refractivity contribution in [3.05, 3.63) is 51.8 Å². The van der Waals surface area contributed by atoms with E-state index in [0.29, 0.717) is 5.69 Å². The third-order valence-electron chi connectivity index (χ3n) is 3.65. The molecular weight excluding hydrogens is 372 g/mol. The molecule has 0 N–H and O–H groups in total. The minimum atomic E-state index is -0.743. The SMILES string of the molecule is CN(C(=O)OC(C)(C)C)c1c(Cl)cc(N(C)c2cccnc2)cc1[N+](=O)[O-]. The van der Waals surface area contributed by atoms with Gasteiger partial charge in [0, 0.05) is 32.0 Å². The Bertz CT molecular complexity index is 852. The largest absolute Gasteiger partial charge is 0.443 e. The molecule has 0 spiro atoms. The Balaban J connectivity index is 2.48. The van der Waals surface area contributed by atoms with Crippen LogP contribution in [-0.2, 0) is 4.74 Å². The average molecular weight is 393 g/mol. The van der Waals surface area contributed by atoms with Gasteiger partial charge in [-0.15, -0.1) is 0 Å². The molecule has 0 fully saturated rings. The second kappa shape index (κ2) is 7.79. The lowest BCUT2D eigenvalue weighted by Gasteiger charge is -2.26. The fraction of sp³-hybridized carbons (Fsp3) is 0.333. The van der Waals surface area contributed by atoms with Gasteiger partial charge in [-0.05, 0) is 39.0 Å². The number of rotatable bonds is 4. The summed E-state index contributed by atoms with van der Waals surface area (Å²) < 4.78 is 5.28. The molecule has 0 unspecified atom stereocenters.